The summed E-state index contributed by atoms with van der Waals surface area (Å²) in [6, 6.07) is 6.46. The van der Waals surface area contributed by atoms with Gasteiger partial charge in [-0.25, -0.2) is 8.42 Å². The summed E-state index contributed by atoms with van der Waals surface area (Å²) < 4.78 is 28.6. The third kappa shape index (κ3) is 3.31. The first-order chi connectivity index (χ1) is 11.3. The maximum absolute atomic E-state index is 12.8. The minimum Gasteiger partial charge on any atom is -0.427 e. The lowest BCUT2D eigenvalue weighted by molar-refractivity contribution is -0.131. The van der Waals surface area contributed by atoms with Gasteiger partial charge < -0.3 is 9.64 Å². The molecule has 130 valence electrons. The third-order valence-corrected chi connectivity index (χ3v) is 6.49. The lowest BCUT2D eigenvalue weighted by Gasteiger charge is -2.38. The number of hydrogen-bond donors (Lipinski definition) is 0. The topological polar surface area (TPSA) is 80.8 Å². The Hall–Kier alpha value is -1.89. The van der Waals surface area contributed by atoms with Crippen LogP contribution in [0.15, 0.2) is 24.3 Å². The molecule has 1 aromatic carbocycles. The van der Waals surface area contributed by atoms with Crippen molar-refractivity contribution in [3.05, 3.63) is 29.8 Å². The maximum atomic E-state index is 12.8. The predicted octanol–water partition coefficient (Wildman–Crippen LogP) is 1.79. The van der Waals surface area contributed by atoms with E-state index in [4.69, 9.17) is 4.74 Å². The number of ether oxygens (including phenoxy) is 1. The fourth-order valence-corrected chi connectivity index (χ4v) is 4.93. The van der Waals surface area contributed by atoms with E-state index in [0.29, 0.717) is 24.2 Å². The zero-order valence-electron chi connectivity index (χ0n) is 13.8. The van der Waals surface area contributed by atoms with Crippen molar-refractivity contribution in [2.24, 2.45) is 0 Å². The minimum absolute atomic E-state index is 0.0101. The SMILES string of the molecule is CC(=O)Oc1ccc(C(=O)N2C3CCC2CC(S(C)(=O)=O)C3)cc1. The van der Waals surface area contributed by atoms with Crippen LogP contribution in [0, 0.1) is 0 Å². The second kappa shape index (κ2) is 6.20. The van der Waals surface area contributed by atoms with E-state index in [-0.39, 0.29) is 23.2 Å². The molecular weight excluding hydrogens is 330 g/mol. The highest BCUT2D eigenvalue weighted by Crippen LogP contribution is 2.39. The Morgan fingerprint density at radius 1 is 1.08 bits per heavy atom. The van der Waals surface area contributed by atoms with Crippen molar-refractivity contribution in [3.8, 4) is 5.75 Å². The van der Waals surface area contributed by atoms with Crippen molar-refractivity contribution < 1.29 is 22.7 Å². The van der Waals surface area contributed by atoms with Crippen LogP contribution in [0.5, 0.6) is 5.75 Å². The lowest BCUT2D eigenvalue weighted by atomic mass is 10.0. The average Bonchev–Trinajstić information content (AvgIpc) is 2.75. The predicted molar refractivity (Wildman–Crippen MR) is 88.6 cm³/mol. The van der Waals surface area contributed by atoms with E-state index >= 15 is 0 Å². The lowest BCUT2D eigenvalue weighted by Crippen LogP contribution is -2.49. The Labute approximate surface area is 141 Å². The van der Waals surface area contributed by atoms with E-state index in [2.05, 4.69) is 0 Å². The molecule has 1 aromatic rings. The highest BCUT2D eigenvalue weighted by atomic mass is 32.2. The summed E-state index contributed by atoms with van der Waals surface area (Å²) in [5.41, 5.74) is 0.528. The first kappa shape index (κ1) is 17.0. The molecule has 0 saturated carbocycles. The maximum Gasteiger partial charge on any atom is 0.308 e. The summed E-state index contributed by atoms with van der Waals surface area (Å²) in [4.78, 5) is 25.6. The van der Waals surface area contributed by atoms with E-state index < -0.39 is 15.8 Å². The van der Waals surface area contributed by atoms with Gasteiger partial charge in [0, 0.05) is 30.8 Å². The standard InChI is InChI=1S/C17H21NO5S/c1-11(19)23-15-7-3-12(4-8-15)17(20)18-13-5-6-14(18)10-16(9-13)24(2,21)22/h3-4,7-8,13-14,16H,5-6,9-10H2,1-2H3. The van der Waals surface area contributed by atoms with Gasteiger partial charge in [0.1, 0.15) is 15.6 Å². The molecule has 0 aromatic heterocycles. The molecule has 3 rings (SSSR count). The van der Waals surface area contributed by atoms with Crippen LogP contribution < -0.4 is 4.74 Å². The highest BCUT2D eigenvalue weighted by molar-refractivity contribution is 7.91. The van der Waals surface area contributed by atoms with Gasteiger partial charge in [-0.1, -0.05) is 0 Å². The molecule has 2 atom stereocenters. The fraction of sp³-hybridized carbons (Fsp3) is 0.529. The number of carbonyl (C=O) groups is 2. The van der Waals surface area contributed by atoms with Gasteiger partial charge in [0.15, 0.2) is 0 Å². The molecule has 1 amide bonds. The van der Waals surface area contributed by atoms with Crippen LogP contribution in [0.2, 0.25) is 0 Å². The van der Waals surface area contributed by atoms with Crippen LogP contribution in [-0.2, 0) is 14.6 Å². The van der Waals surface area contributed by atoms with Gasteiger partial charge in [0.25, 0.3) is 5.91 Å². The average molecular weight is 351 g/mol. The third-order valence-electron chi connectivity index (χ3n) is 4.89. The molecular formula is C17H21NO5S. The normalized spacial score (nSPS) is 26.2. The molecule has 2 aliphatic rings. The van der Waals surface area contributed by atoms with Crippen molar-refractivity contribution in [1.29, 1.82) is 0 Å². The van der Waals surface area contributed by atoms with Crippen molar-refractivity contribution >= 4 is 21.7 Å². The molecule has 2 saturated heterocycles. The van der Waals surface area contributed by atoms with E-state index in [9.17, 15) is 18.0 Å². The number of rotatable bonds is 3. The van der Waals surface area contributed by atoms with Crippen molar-refractivity contribution in [3.63, 3.8) is 0 Å². The van der Waals surface area contributed by atoms with E-state index in [1.165, 1.54) is 13.2 Å². The molecule has 24 heavy (non-hydrogen) atoms. The van der Waals surface area contributed by atoms with Gasteiger partial charge in [0.05, 0.1) is 5.25 Å². The van der Waals surface area contributed by atoms with Crippen LogP contribution in [-0.4, -0.2) is 48.8 Å². The fourth-order valence-electron chi connectivity index (χ4n) is 3.79. The molecule has 2 fully saturated rings. The molecule has 0 radical (unpaired) electrons. The van der Waals surface area contributed by atoms with Gasteiger partial charge in [0.2, 0.25) is 0 Å². The number of hydrogen-bond acceptors (Lipinski definition) is 5. The number of sulfone groups is 1. The molecule has 0 aliphatic carbocycles. The van der Waals surface area contributed by atoms with E-state index in [0.717, 1.165) is 12.8 Å². The van der Waals surface area contributed by atoms with E-state index in [1.807, 2.05) is 4.90 Å². The van der Waals surface area contributed by atoms with Crippen LogP contribution in [0.4, 0.5) is 0 Å². The second-order valence-corrected chi connectivity index (χ2v) is 8.96. The van der Waals surface area contributed by atoms with Crippen LogP contribution in [0.25, 0.3) is 0 Å². The monoisotopic (exact) mass is 351 g/mol. The van der Waals surface area contributed by atoms with Gasteiger partial charge in [-0.3, -0.25) is 9.59 Å². The molecule has 6 nitrogen and oxygen atoms in total. The minimum atomic E-state index is -3.07. The summed E-state index contributed by atoms with van der Waals surface area (Å²) in [6.07, 6.45) is 4.03. The summed E-state index contributed by atoms with van der Waals surface area (Å²) in [5, 5.41) is -0.342. The number of esters is 1. The van der Waals surface area contributed by atoms with Crippen LogP contribution >= 0.6 is 0 Å². The zero-order valence-corrected chi connectivity index (χ0v) is 14.6. The smallest absolute Gasteiger partial charge is 0.308 e. The van der Waals surface area contributed by atoms with Crippen LogP contribution in [0.3, 0.4) is 0 Å². The van der Waals surface area contributed by atoms with Gasteiger partial charge >= 0.3 is 5.97 Å². The second-order valence-electron chi connectivity index (χ2n) is 6.64. The Balaban J connectivity index is 1.75. The number of fused-ring (bicyclic) bond motifs is 2. The van der Waals surface area contributed by atoms with E-state index in [1.54, 1.807) is 24.3 Å². The Morgan fingerprint density at radius 2 is 1.62 bits per heavy atom. The summed E-state index contributed by atoms with van der Waals surface area (Å²) in [6.45, 7) is 1.32. The quantitative estimate of drug-likeness (QED) is 0.613. The van der Waals surface area contributed by atoms with Crippen molar-refractivity contribution in [2.45, 2.75) is 49.9 Å². The molecule has 0 spiro atoms. The van der Waals surface area contributed by atoms with Gasteiger partial charge in [-0.05, 0) is 49.9 Å². The zero-order chi connectivity index (χ0) is 17.5. The number of amides is 1. The van der Waals surface area contributed by atoms with Gasteiger partial charge in [-0.15, -0.1) is 0 Å². The van der Waals surface area contributed by atoms with Crippen molar-refractivity contribution in [1.82, 2.24) is 4.90 Å². The molecule has 2 heterocycles. The molecule has 0 N–H and O–H groups in total. The van der Waals surface area contributed by atoms with Gasteiger partial charge in [-0.2, -0.15) is 0 Å². The molecule has 2 aliphatic heterocycles. The summed E-state index contributed by atoms with van der Waals surface area (Å²) in [7, 11) is -3.07. The first-order valence-electron chi connectivity index (χ1n) is 8.05. The molecule has 2 bridgehead atoms. The Bertz CT molecular complexity index is 742. The van der Waals surface area contributed by atoms with Crippen molar-refractivity contribution in [2.75, 3.05) is 6.26 Å². The van der Waals surface area contributed by atoms with Crippen LogP contribution in [0.1, 0.15) is 43.0 Å². The molecule has 7 heteroatoms. The number of benzene rings is 1. The Kier molecular flexibility index (Phi) is 4.38. The Morgan fingerprint density at radius 3 is 2.08 bits per heavy atom. The number of piperidine rings is 1. The first-order valence-corrected chi connectivity index (χ1v) is 10.0. The number of carbonyl (C=O) groups excluding carboxylic acids is 2. The highest BCUT2D eigenvalue weighted by Gasteiger charge is 2.45. The number of nitrogens with zero attached hydrogens (tertiary/aromatic N) is 1. The molecule has 2 unspecified atom stereocenters. The summed E-state index contributed by atoms with van der Waals surface area (Å²) in [5.74, 6) is -0.0865. The summed E-state index contributed by atoms with van der Waals surface area (Å²) >= 11 is 0. The largest absolute Gasteiger partial charge is 0.427 e.